The van der Waals surface area contributed by atoms with Gasteiger partial charge < -0.3 is 35.1 Å². The third-order valence-electron chi connectivity index (χ3n) is 11.8. The zero-order valence-electron chi connectivity index (χ0n) is 34.2. The number of piperidine rings is 2. The maximum absolute atomic E-state index is 14.1. The summed E-state index contributed by atoms with van der Waals surface area (Å²) in [4.78, 5) is 60.0. The summed E-state index contributed by atoms with van der Waals surface area (Å²) in [6, 6.07) is 9.64. The van der Waals surface area contributed by atoms with Crippen LogP contribution >= 0.6 is 23.2 Å². The third-order valence-corrected chi connectivity index (χ3v) is 12.6. The molecule has 2 atom stereocenters. The van der Waals surface area contributed by atoms with Crippen molar-refractivity contribution in [3.8, 4) is 16.9 Å². The van der Waals surface area contributed by atoms with Crippen molar-refractivity contribution in [1.82, 2.24) is 34.8 Å². The lowest BCUT2D eigenvalue weighted by Gasteiger charge is -2.40. The molecule has 0 bridgehead atoms. The Kier molecular flexibility index (Phi) is 13.3. The van der Waals surface area contributed by atoms with Gasteiger partial charge in [-0.3, -0.25) is 34.1 Å². The standard InChI is InChI=1S/C43H48Cl2FN9O7/c1-25(39-32(44)5-6-33(46)40(39)45)62-36-17-26(18-48-41(36)47)27-19-49-55(20-27)29-9-11-53(12-10-29)38(57)24-61-16-15-60-14-13-52-21-28(22-52)50-34-4-2-3-30-31(34)23-54(43(30)59)35-7-8-37(56)51-42(35)58/h2-6,17-20,25,28-29,35,50H,7-16,21-24H2,1H3,(H2,47,48)(H,51,56,58). The molecule has 0 spiro atoms. The van der Waals surface area contributed by atoms with E-state index in [1.807, 2.05) is 27.9 Å². The summed E-state index contributed by atoms with van der Waals surface area (Å²) in [5.74, 6) is -1.11. The van der Waals surface area contributed by atoms with Crippen molar-refractivity contribution in [2.45, 2.75) is 63.4 Å². The first kappa shape index (κ1) is 43.3. The molecule has 0 saturated carbocycles. The van der Waals surface area contributed by atoms with Gasteiger partial charge in [0.15, 0.2) is 11.6 Å². The van der Waals surface area contributed by atoms with Crippen LogP contribution in [0.3, 0.4) is 0 Å². The van der Waals surface area contributed by atoms with Crippen LogP contribution in [0.4, 0.5) is 15.9 Å². The van der Waals surface area contributed by atoms with E-state index >= 15 is 0 Å². The highest BCUT2D eigenvalue weighted by molar-refractivity contribution is 6.36. The van der Waals surface area contributed by atoms with Crippen molar-refractivity contribution < 1.29 is 37.8 Å². The number of hydrogen-bond acceptors (Lipinski definition) is 12. The monoisotopic (exact) mass is 891 g/mol. The highest BCUT2D eigenvalue weighted by atomic mass is 35.5. The molecule has 62 heavy (non-hydrogen) atoms. The number of benzene rings is 2. The van der Waals surface area contributed by atoms with Crippen molar-refractivity contribution in [2.75, 3.05) is 70.2 Å². The number of nitrogens with zero attached hydrogens (tertiary/aromatic N) is 6. The average molecular weight is 893 g/mol. The number of amides is 4. The predicted molar refractivity (Wildman–Crippen MR) is 228 cm³/mol. The summed E-state index contributed by atoms with van der Waals surface area (Å²) in [5, 5.41) is 10.7. The quantitative estimate of drug-likeness (QED) is 0.0789. The number of carbonyl (C=O) groups is 4. The Morgan fingerprint density at radius 3 is 2.61 bits per heavy atom. The van der Waals surface area contributed by atoms with E-state index in [1.54, 1.807) is 36.4 Å². The molecule has 4 amide bonds. The second-order valence-corrected chi connectivity index (χ2v) is 16.7. The maximum Gasteiger partial charge on any atom is 0.255 e. The van der Waals surface area contributed by atoms with Crippen LogP contribution in [-0.2, 0) is 30.4 Å². The fourth-order valence-electron chi connectivity index (χ4n) is 8.39. The molecule has 4 aliphatic heterocycles. The summed E-state index contributed by atoms with van der Waals surface area (Å²) >= 11 is 12.5. The molecular weight excluding hydrogens is 844 g/mol. The van der Waals surface area contributed by atoms with Crippen LogP contribution in [0.15, 0.2) is 55.0 Å². The number of pyridine rings is 1. The summed E-state index contributed by atoms with van der Waals surface area (Å²) in [6.07, 6.45) is 6.63. The maximum atomic E-state index is 14.1. The van der Waals surface area contributed by atoms with Gasteiger partial charge in [0, 0.05) is 96.6 Å². The van der Waals surface area contributed by atoms with Crippen molar-refractivity contribution >= 4 is 58.3 Å². The fraction of sp³-hybridized carbons (Fsp3) is 0.442. The average Bonchev–Trinajstić information content (AvgIpc) is 3.87. The molecule has 4 N–H and O–H groups in total. The van der Waals surface area contributed by atoms with E-state index in [4.69, 9.17) is 43.1 Å². The van der Waals surface area contributed by atoms with E-state index in [-0.39, 0.29) is 58.7 Å². The molecule has 0 radical (unpaired) electrons. The minimum atomic E-state index is -0.704. The number of nitrogens with one attached hydrogen (secondary N) is 2. The molecule has 2 unspecified atom stereocenters. The summed E-state index contributed by atoms with van der Waals surface area (Å²) in [6.45, 7) is 6.82. The van der Waals surface area contributed by atoms with Crippen molar-refractivity contribution in [2.24, 2.45) is 0 Å². The lowest BCUT2D eigenvalue weighted by molar-refractivity contribution is -0.138. The Balaban J connectivity index is 0.702. The van der Waals surface area contributed by atoms with Gasteiger partial charge in [-0.25, -0.2) is 9.37 Å². The van der Waals surface area contributed by atoms with Crippen LogP contribution in [-0.4, -0.2) is 124 Å². The second kappa shape index (κ2) is 19.0. The molecule has 19 heteroatoms. The Morgan fingerprint density at radius 1 is 1.03 bits per heavy atom. The number of imide groups is 1. The molecule has 0 aliphatic carbocycles. The smallest absolute Gasteiger partial charge is 0.255 e. The molecule has 8 rings (SSSR count). The SMILES string of the molecule is CC(Oc1cc(-c2cnn(C3CCN(C(=O)COCCOCCN4CC(Nc5cccc6c5CN(C5CCC(=O)NC5=O)C6=O)C4)CC3)c2)cnc1N)c1c(Cl)ccc(F)c1Cl. The largest absolute Gasteiger partial charge is 0.482 e. The van der Waals surface area contributed by atoms with E-state index in [0.29, 0.717) is 62.8 Å². The number of rotatable bonds is 16. The first-order valence-electron chi connectivity index (χ1n) is 20.7. The molecular formula is C43H48Cl2FN9O7. The molecule has 4 aliphatic rings. The van der Waals surface area contributed by atoms with Gasteiger partial charge in [-0.15, -0.1) is 0 Å². The molecule has 328 valence electrons. The molecule has 2 aromatic carbocycles. The van der Waals surface area contributed by atoms with Crippen molar-refractivity contribution in [3.63, 3.8) is 0 Å². The molecule has 6 heterocycles. The summed E-state index contributed by atoms with van der Waals surface area (Å²) in [7, 11) is 0. The van der Waals surface area contributed by atoms with Gasteiger partial charge in [0.1, 0.15) is 24.6 Å². The lowest BCUT2D eigenvalue weighted by atomic mass is 10.0. The Labute approximate surface area is 367 Å². The molecule has 2 aromatic heterocycles. The van der Waals surface area contributed by atoms with Gasteiger partial charge in [-0.2, -0.15) is 5.10 Å². The van der Waals surface area contributed by atoms with Gasteiger partial charge in [-0.05, 0) is 56.5 Å². The predicted octanol–water partition coefficient (Wildman–Crippen LogP) is 4.87. The first-order chi connectivity index (χ1) is 29.9. The number of aromatic nitrogens is 3. The number of anilines is 2. The normalized spacial score (nSPS) is 19.0. The van der Waals surface area contributed by atoms with E-state index in [1.165, 1.54) is 12.1 Å². The van der Waals surface area contributed by atoms with E-state index in [2.05, 4.69) is 25.6 Å². The van der Waals surface area contributed by atoms with E-state index in [0.717, 1.165) is 54.9 Å². The molecule has 3 fully saturated rings. The minimum Gasteiger partial charge on any atom is -0.482 e. The topological polar surface area (TPSA) is 186 Å². The highest BCUT2D eigenvalue weighted by Crippen LogP contribution is 2.38. The van der Waals surface area contributed by atoms with Crippen LogP contribution in [0.2, 0.25) is 10.0 Å². The number of nitrogen functional groups attached to an aromatic ring is 1. The molecule has 3 saturated heterocycles. The summed E-state index contributed by atoms with van der Waals surface area (Å²) in [5.41, 5.74) is 10.3. The van der Waals surface area contributed by atoms with Crippen LogP contribution in [0.1, 0.15) is 66.2 Å². The number of ether oxygens (including phenoxy) is 3. The van der Waals surface area contributed by atoms with Gasteiger partial charge >= 0.3 is 0 Å². The Hall–Kier alpha value is -5.33. The van der Waals surface area contributed by atoms with E-state index in [9.17, 15) is 23.6 Å². The van der Waals surface area contributed by atoms with Crippen LogP contribution in [0.25, 0.3) is 11.1 Å². The number of likely N-dealkylation sites (tertiary alicyclic amines) is 2. The van der Waals surface area contributed by atoms with Gasteiger partial charge in [-0.1, -0.05) is 29.3 Å². The van der Waals surface area contributed by atoms with Gasteiger partial charge in [0.25, 0.3) is 5.91 Å². The van der Waals surface area contributed by atoms with Gasteiger partial charge in [0.2, 0.25) is 17.7 Å². The van der Waals surface area contributed by atoms with E-state index < -0.39 is 23.9 Å². The third kappa shape index (κ3) is 9.51. The lowest BCUT2D eigenvalue weighted by Crippen LogP contribution is -2.55. The van der Waals surface area contributed by atoms with Gasteiger partial charge in [0.05, 0.1) is 43.1 Å². The zero-order chi connectivity index (χ0) is 43.5. The fourth-order valence-corrected chi connectivity index (χ4v) is 9.07. The van der Waals surface area contributed by atoms with Crippen LogP contribution < -0.4 is 21.1 Å². The van der Waals surface area contributed by atoms with Crippen molar-refractivity contribution in [1.29, 1.82) is 0 Å². The Bertz CT molecular complexity index is 2340. The number of fused-ring (bicyclic) bond motifs is 1. The number of carbonyl (C=O) groups excluding carboxylic acids is 4. The van der Waals surface area contributed by atoms with Crippen molar-refractivity contribution in [3.05, 3.63) is 87.5 Å². The Morgan fingerprint density at radius 2 is 1.82 bits per heavy atom. The second-order valence-electron chi connectivity index (χ2n) is 15.9. The molecule has 4 aromatic rings. The minimum absolute atomic E-state index is 0.00965. The molecule has 16 nitrogen and oxygen atoms in total. The zero-order valence-corrected chi connectivity index (χ0v) is 35.7. The number of hydrogen-bond donors (Lipinski definition) is 3. The van der Waals surface area contributed by atoms with Crippen LogP contribution in [0.5, 0.6) is 5.75 Å². The summed E-state index contributed by atoms with van der Waals surface area (Å²) < 4.78 is 33.5. The number of nitrogens with two attached hydrogens (primary N) is 1. The highest BCUT2D eigenvalue weighted by Gasteiger charge is 2.40. The first-order valence-corrected chi connectivity index (χ1v) is 21.5. The number of halogens is 3. The van der Waals surface area contributed by atoms with Crippen LogP contribution in [0, 0.1) is 5.82 Å².